The molecule has 0 N–H and O–H groups in total. The molecule has 1 heterocycles. The third-order valence-corrected chi connectivity index (χ3v) is 8.38. The van der Waals surface area contributed by atoms with Gasteiger partial charge < -0.3 is 0 Å². The van der Waals surface area contributed by atoms with Gasteiger partial charge in [0.1, 0.15) is 0 Å². The molecule has 0 bridgehead atoms. The van der Waals surface area contributed by atoms with Crippen LogP contribution in [0.5, 0.6) is 11.5 Å². The van der Waals surface area contributed by atoms with E-state index >= 15 is 0 Å². The van der Waals surface area contributed by atoms with Crippen LogP contribution in [0, 0.1) is 27.7 Å². The van der Waals surface area contributed by atoms with Gasteiger partial charge in [0, 0.05) is 0 Å². The van der Waals surface area contributed by atoms with E-state index in [1.54, 1.807) is 6.20 Å². The van der Waals surface area contributed by atoms with Crippen LogP contribution < -0.4 is 6.64 Å². The second-order valence-corrected chi connectivity index (χ2v) is 10.8. The van der Waals surface area contributed by atoms with E-state index in [4.69, 9.17) is 6.64 Å². The van der Waals surface area contributed by atoms with Crippen LogP contribution in [0.4, 0.5) is 0 Å². The molecule has 0 aliphatic heterocycles. The first-order chi connectivity index (χ1) is 16.5. The number of rotatable bonds is 5. The molecule has 0 spiro atoms. The Morgan fingerprint density at radius 1 is 0.583 bits per heavy atom. The van der Waals surface area contributed by atoms with Gasteiger partial charge >= 0.3 is 208 Å². The second kappa shape index (κ2) is 12.0. The second-order valence-electron chi connectivity index (χ2n) is 8.68. The SMILES string of the molecule is Cc1ccc([O][Ti](=[CH]c2ccccn2)[O]c2ccc(C)c3cccc(C)c23)c2c(C)cccc12.Cl.Cl. The summed E-state index contributed by atoms with van der Waals surface area (Å²) in [5.41, 5.74) is 5.75. The van der Waals surface area contributed by atoms with Gasteiger partial charge in [0.05, 0.1) is 0 Å². The predicted molar refractivity (Wildman–Crippen MR) is 152 cm³/mol. The standard InChI is InChI=1S/2C12H12O.C6H5N.2ClH.Ti/c2*1-8-6-7-11(13)12-9(2)4-3-5-10(8)12;1-6-4-2-3-5-7-6;;;/h2*3-7,13H,1-2H3;1-5H;2*1H;/q;;;;;+2/p-2. The fourth-order valence-electron chi connectivity index (χ4n) is 4.44. The summed E-state index contributed by atoms with van der Waals surface area (Å²) in [6.45, 7) is 8.55. The zero-order valence-electron chi connectivity index (χ0n) is 20.7. The van der Waals surface area contributed by atoms with Crippen LogP contribution in [0.2, 0.25) is 0 Å². The van der Waals surface area contributed by atoms with Crippen molar-refractivity contribution in [3.63, 3.8) is 0 Å². The molecule has 0 saturated carbocycles. The number of hydrogen-bond donors (Lipinski definition) is 0. The first-order valence-corrected chi connectivity index (χ1v) is 13.7. The van der Waals surface area contributed by atoms with E-state index in [2.05, 4.69) is 97.7 Å². The summed E-state index contributed by atoms with van der Waals surface area (Å²) >= 11 is -2.73. The van der Waals surface area contributed by atoms with Crippen LogP contribution >= 0.6 is 24.8 Å². The van der Waals surface area contributed by atoms with Crippen molar-refractivity contribution in [3.8, 4) is 11.5 Å². The molecule has 4 aromatic carbocycles. The Hall–Kier alpha value is -2.69. The van der Waals surface area contributed by atoms with Crippen molar-refractivity contribution < 1.29 is 24.8 Å². The van der Waals surface area contributed by atoms with Crippen molar-refractivity contribution in [2.75, 3.05) is 0 Å². The largest absolute Gasteiger partial charge is 0.147 e. The molecule has 184 valence electrons. The van der Waals surface area contributed by atoms with Gasteiger partial charge in [-0.2, -0.15) is 0 Å². The maximum atomic E-state index is 6.74. The summed E-state index contributed by atoms with van der Waals surface area (Å²) in [5.74, 6) is 1.74. The smallest absolute Gasteiger partial charge is 0.147 e. The van der Waals surface area contributed by atoms with Crippen molar-refractivity contribution in [2.45, 2.75) is 27.7 Å². The van der Waals surface area contributed by atoms with Crippen LogP contribution in [-0.4, -0.2) is 9.30 Å². The molecular weight excluding hydrogens is 525 g/mol. The molecule has 36 heavy (non-hydrogen) atoms. The van der Waals surface area contributed by atoms with Gasteiger partial charge in [0.25, 0.3) is 0 Å². The van der Waals surface area contributed by atoms with E-state index in [9.17, 15) is 0 Å². The van der Waals surface area contributed by atoms with Crippen LogP contribution in [0.1, 0.15) is 27.9 Å². The summed E-state index contributed by atoms with van der Waals surface area (Å²) in [4.78, 5) is 4.52. The molecule has 5 rings (SSSR count). The van der Waals surface area contributed by atoms with Gasteiger partial charge in [-0.05, 0) is 0 Å². The van der Waals surface area contributed by atoms with Gasteiger partial charge in [0.2, 0.25) is 0 Å². The van der Waals surface area contributed by atoms with Gasteiger partial charge in [0.15, 0.2) is 0 Å². The number of halogens is 2. The Labute approximate surface area is 231 Å². The predicted octanol–water partition coefficient (Wildman–Crippen LogP) is 8.22. The minimum atomic E-state index is -2.73. The van der Waals surface area contributed by atoms with Gasteiger partial charge in [-0.3, -0.25) is 0 Å². The Balaban J connectivity index is 0.00000180. The number of benzene rings is 4. The summed E-state index contributed by atoms with van der Waals surface area (Å²) in [5, 5.41) is 4.72. The number of nitrogens with zero attached hydrogens (tertiary/aromatic N) is 1. The molecule has 6 heteroatoms. The van der Waals surface area contributed by atoms with E-state index in [1.807, 2.05) is 18.2 Å². The minimum Gasteiger partial charge on any atom is -0.147 e. The summed E-state index contributed by atoms with van der Waals surface area (Å²) in [6, 6.07) is 27.1. The van der Waals surface area contributed by atoms with E-state index in [0.717, 1.165) is 28.0 Å². The Kier molecular flexibility index (Phi) is 9.32. The molecule has 0 aliphatic carbocycles. The Morgan fingerprint density at radius 2 is 1.11 bits per heavy atom. The third-order valence-electron chi connectivity index (χ3n) is 6.23. The molecule has 0 amide bonds. The van der Waals surface area contributed by atoms with Crippen molar-refractivity contribution in [1.29, 1.82) is 0 Å². The molecule has 1 aromatic heterocycles. The molecule has 0 radical (unpaired) electrons. The number of pyridine rings is 1. The average Bonchev–Trinajstić information content (AvgIpc) is 2.84. The molecule has 0 atom stereocenters. The first-order valence-electron chi connectivity index (χ1n) is 11.5. The van der Waals surface area contributed by atoms with Crippen molar-refractivity contribution in [1.82, 2.24) is 4.98 Å². The van der Waals surface area contributed by atoms with Crippen molar-refractivity contribution in [3.05, 3.63) is 113 Å². The molecule has 3 nitrogen and oxygen atoms in total. The molecule has 5 aromatic rings. The molecule has 0 fully saturated rings. The van der Waals surface area contributed by atoms with Gasteiger partial charge in [-0.15, -0.1) is 24.8 Å². The van der Waals surface area contributed by atoms with Gasteiger partial charge in [-0.25, -0.2) is 0 Å². The monoisotopic (exact) mass is 553 g/mol. The summed E-state index contributed by atoms with van der Waals surface area (Å²) in [7, 11) is 0. The Bertz CT molecular complexity index is 1460. The van der Waals surface area contributed by atoms with Gasteiger partial charge in [-0.1, -0.05) is 0 Å². The number of fused-ring (bicyclic) bond motifs is 2. The van der Waals surface area contributed by atoms with E-state index in [-0.39, 0.29) is 24.8 Å². The maximum absolute atomic E-state index is 6.74. The van der Waals surface area contributed by atoms with Crippen LogP contribution in [0.3, 0.4) is 0 Å². The van der Waals surface area contributed by atoms with E-state index < -0.39 is 18.2 Å². The fraction of sp³-hybridized carbons (Fsp3) is 0.133. The normalized spacial score (nSPS) is 10.3. The van der Waals surface area contributed by atoms with Crippen LogP contribution in [-0.2, 0) is 18.2 Å². The molecule has 0 saturated heterocycles. The third kappa shape index (κ3) is 5.66. The molecular formula is C30H29Cl2NO2Ti. The fourth-order valence-corrected chi connectivity index (χ4v) is 6.54. The van der Waals surface area contributed by atoms with Crippen molar-refractivity contribution >= 4 is 50.7 Å². The quantitative estimate of drug-likeness (QED) is 0.205. The van der Waals surface area contributed by atoms with Crippen LogP contribution in [0.15, 0.2) is 85.1 Å². The summed E-state index contributed by atoms with van der Waals surface area (Å²) in [6.07, 6.45) is 1.80. The minimum absolute atomic E-state index is 0. The van der Waals surface area contributed by atoms with E-state index in [0.29, 0.717) is 0 Å². The average molecular weight is 554 g/mol. The Morgan fingerprint density at radius 3 is 1.58 bits per heavy atom. The maximum Gasteiger partial charge on any atom is -0.147 e. The zero-order chi connectivity index (χ0) is 23.7. The van der Waals surface area contributed by atoms with Crippen LogP contribution in [0.25, 0.3) is 21.5 Å². The van der Waals surface area contributed by atoms with E-state index in [1.165, 1.54) is 33.0 Å². The summed E-state index contributed by atoms with van der Waals surface area (Å²) < 4.78 is 15.6. The number of aryl methyl sites for hydroxylation is 4. The number of aromatic nitrogens is 1. The number of hydrogen-bond acceptors (Lipinski definition) is 3. The zero-order valence-corrected chi connectivity index (χ0v) is 23.9. The van der Waals surface area contributed by atoms with Crippen molar-refractivity contribution in [2.24, 2.45) is 0 Å². The molecule has 0 unspecified atom stereocenters. The first kappa shape index (κ1) is 27.9. The molecule has 0 aliphatic rings. The topological polar surface area (TPSA) is 31.4 Å².